The first-order valence-electron chi connectivity index (χ1n) is 5.05. The van der Waals surface area contributed by atoms with Gasteiger partial charge in [-0.3, -0.25) is 0 Å². The molecule has 1 rings (SSSR count). The predicted molar refractivity (Wildman–Crippen MR) is 54.6 cm³/mol. The van der Waals surface area contributed by atoms with E-state index in [1.54, 1.807) is 20.8 Å². The zero-order valence-corrected chi connectivity index (χ0v) is 9.52. The Hall–Kier alpha value is -1.85. The molecule has 0 bridgehead atoms. The molecule has 1 aromatic heterocycles. The van der Waals surface area contributed by atoms with Gasteiger partial charge < -0.3 is 10.2 Å². The minimum Gasteiger partial charge on any atom is -0.475 e. The molecule has 6 heteroatoms. The second kappa shape index (κ2) is 4.34. The van der Waals surface area contributed by atoms with Gasteiger partial charge in [0.05, 0.1) is 13.1 Å². The van der Waals surface area contributed by atoms with E-state index < -0.39 is 11.9 Å². The molecule has 0 aliphatic rings. The molecule has 0 fully saturated rings. The summed E-state index contributed by atoms with van der Waals surface area (Å²) in [6.07, 6.45) is 0. The van der Waals surface area contributed by atoms with Crippen molar-refractivity contribution in [1.82, 2.24) is 4.57 Å². The van der Waals surface area contributed by atoms with E-state index in [2.05, 4.69) is 0 Å². The average molecular weight is 227 g/mol. The standard InChI is InChI=1S/C10H14N2O4/c1-4-11-6(3)12(5-2)8(10(15)16)7(11)9(13)14/h4-5H2,1-3H3,(H-,13,14,15,16)/p+1. The molecule has 0 saturated carbocycles. The Bertz CT molecular complexity index is 409. The average Bonchev–Trinajstić information content (AvgIpc) is 2.50. The van der Waals surface area contributed by atoms with Crippen LogP contribution in [0.1, 0.15) is 40.6 Å². The van der Waals surface area contributed by atoms with Crippen molar-refractivity contribution < 1.29 is 24.4 Å². The molecular weight excluding hydrogens is 212 g/mol. The quantitative estimate of drug-likeness (QED) is 0.734. The van der Waals surface area contributed by atoms with E-state index in [-0.39, 0.29) is 11.4 Å². The number of nitrogens with zero attached hydrogens (tertiary/aromatic N) is 2. The predicted octanol–water partition coefficient (Wildman–Crippen LogP) is 0.520. The fourth-order valence-corrected chi connectivity index (χ4v) is 1.93. The summed E-state index contributed by atoms with van der Waals surface area (Å²) < 4.78 is 2.99. The maximum atomic E-state index is 11.1. The lowest BCUT2D eigenvalue weighted by molar-refractivity contribution is -0.701. The maximum Gasteiger partial charge on any atom is 0.380 e. The molecule has 2 N–H and O–H groups in total. The Morgan fingerprint density at radius 1 is 1.25 bits per heavy atom. The van der Waals surface area contributed by atoms with Crippen LogP contribution in [0, 0.1) is 6.92 Å². The molecule has 0 aliphatic heterocycles. The summed E-state index contributed by atoms with van der Waals surface area (Å²) in [6, 6.07) is 0. The molecule has 16 heavy (non-hydrogen) atoms. The minimum atomic E-state index is -1.21. The Morgan fingerprint density at radius 3 is 2.12 bits per heavy atom. The number of aromatic carboxylic acids is 2. The van der Waals surface area contributed by atoms with Crippen molar-refractivity contribution in [1.29, 1.82) is 0 Å². The van der Waals surface area contributed by atoms with Crippen molar-refractivity contribution in [2.24, 2.45) is 0 Å². The molecule has 0 atom stereocenters. The smallest absolute Gasteiger partial charge is 0.380 e. The van der Waals surface area contributed by atoms with Crippen LogP contribution in [0.4, 0.5) is 0 Å². The van der Waals surface area contributed by atoms with Gasteiger partial charge in [-0.05, 0) is 13.8 Å². The molecule has 0 aliphatic carbocycles. The van der Waals surface area contributed by atoms with Crippen molar-refractivity contribution in [2.75, 3.05) is 0 Å². The lowest BCUT2D eigenvalue weighted by Crippen LogP contribution is -2.40. The zero-order chi connectivity index (χ0) is 12.5. The first kappa shape index (κ1) is 12.2. The molecule has 1 heterocycles. The third-order valence-electron chi connectivity index (χ3n) is 2.58. The van der Waals surface area contributed by atoms with Crippen LogP contribution >= 0.6 is 0 Å². The Balaban J connectivity index is 3.66. The van der Waals surface area contributed by atoms with Gasteiger partial charge in [-0.15, -0.1) is 0 Å². The molecule has 0 spiro atoms. The highest BCUT2D eigenvalue weighted by Crippen LogP contribution is 2.10. The van der Waals surface area contributed by atoms with E-state index in [9.17, 15) is 9.59 Å². The molecule has 6 nitrogen and oxygen atoms in total. The van der Waals surface area contributed by atoms with Gasteiger partial charge in [-0.2, -0.15) is 0 Å². The van der Waals surface area contributed by atoms with E-state index >= 15 is 0 Å². The third-order valence-corrected chi connectivity index (χ3v) is 2.58. The van der Waals surface area contributed by atoms with Crippen molar-refractivity contribution in [3.8, 4) is 0 Å². The summed E-state index contributed by atoms with van der Waals surface area (Å²) >= 11 is 0. The molecule has 1 aromatic rings. The van der Waals surface area contributed by atoms with E-state index in [1.807, 2.05) is 0 Å². The number of carbonyl (C=O) groups is 2. The number of hydrogen-bond acceptors (Lipinski definition) is 2. The highest BCUT2D eigenvalue weighted by atomic mass is 16.4. The summed E-state index contributed by atoms with van der Waals surface area (Å²) in [5.74, 6) is -1.79. The van der Waals surface area contributed by atoms with E-state index in [0.29, 0.717) is 18.9 Å². The van der Waals surface area contributed by atoms with Gasteiger partial charge in [-0.25, -0.2) is 18.7 Å². The van der Waals surface area contributed by atoms with Gasteiger partial charge in [0.1, 0.15) is 0 Å². The number of carboxylic acids is 2. The van der Waals surface area contributed by atoms with Gasteiger partial charge >= 0.3 is 11.9 Å². The van der Waals surface area contributed by atoms with Crippen LogP contribution in [-0.2, 0) is 13.1 Å². The second-order valence-electron chi connectivity index (χ2n) is 3.34. The summed E-state index contributed by atoms with van der Waals surface area (Å²) in [5, 5.41) is 18.1. The summed E-state index contributed by atoms with van der Waals surface area (Å²) in [7, 11) is 0. The number of carboxylic acid groups (broad SMARTS) is 2. The monoisotopic (exact) mass is 227 g/mol. The van der Waals surface area contributed by atoms with Crippen LogP contribution in [0.3, 0.4) is 0 Å². The van der Waals surface area contributed by atoms with E-state index in [4.69, 9.17) is 10.2 Å². The lowest BCUT2D eigenvalue weighted by atomic mass is 10.3. The zero-order valence-electron chi connectivity index (χ0n) is 9.52. The molecule has 88 valence electrons. The van der Waals surface area contributed by atoms with Crippen LogP contribution in [0.15, 0.2) is 0 Å². The van der Waals surface area contributed by atoms with Crippen molar-refractivity contribution >= 4 is 11.9 Å². The number of imidazole rings is 1. The first-order chi connectivity index (χ1) is 7.45. The lowest BCUT2D eigenvalue weighted by Gasteiger charge is -1.95. The van der Waals surface area contributed by atoms with Gasteiger partial charge in [0.15, 0.2) is 0 Å². The molecule has 0 amide bonds. The number of hydrogen-bond donors (Lipinski definition) is 2. The fraction of sp³-hybridized carbons (Fsp3) is 0.500. The van der Waals surface area contributed by atoms with Crippen molar-refractivity contribution in [3.05, 3.63) is 17.2 Å². The number of rotatable bonds is 4. The summed E-state index contributed by atoms with van der Waals surface area (Å²) in [5.41, 5.74) is -0.316. The highest BCUT2D eigenvalue weighted by molar-refractivity contribution is 5.98. The summed E-state index contributed by atoms with van der Waals surface area (Å²) in [6.45, 7) is 6.14. The second-order valence-corrected chi connectivity index (χ2v) is 3.34. The van der Waals surface area contributed by atoms with Crippen LogP contribution in [0.5, 0.6) is 0 Å². The minimum absolute atomic E-state index is 0.158. The Kier molecular flexibility index (Phi) is 3.31. The van der Waals surface area contributed by atoms with Crippen LogP contribution in [-0.4, -0.2) is 26.7 Å². The maximum absolute atomic E-state index is 11.1. The van der Waals surface area contributed by atoms with Crippen molar-refractivity contribution in [3.63, 3.8) is 0 Å². The van der Waals surface area contributed by atoms with E-state index in [1.165, 1.54) is 9.13 Å². The van der Waals surface area contributed by atoms with Crippen LogP contribution < -0.4 is 4.57 Å². The van der Waals surface area contributed by atoms with E-state index in [0.717, 1.165) is 0 Å². The third kappa shape index (κ3) is 1.66. The molecule has 0 unspecified atom stereocenters. The molecule has 0 aromatic carbocycles. The van der Waals surface area contributed by atoms with Crippen molar-refractivity contribution in [2.45, 2.75) is 33.9 Å². The molecular formula is C10H15N2O4+. The molecule has 0 saturated heterocycles. The van der Waals surface area contributed by atoms with Gasteiger partial charge in [0.25, 0.3) is 17.2 Å². The topological polar surface area (TPSA) is 83.4 Å². The Labute approximate surface area is 92.7 Å². The largest absolute Gasteiger partial charge is 0.475 e. The molecule has 0 radical (unpaired) electrons. The summed E-state index contributed by atoms with van der Waals surface area (Å²) in [4.78, 5) is 22.2. The number of aromatic nitrogens is 2. The first-order valence-corrected chi connectivity index (χ1v) is 5.05. The van der Waals surface area contributed by atoms with Crippen LogP contribution in [0.2, 0.25) is 0 Å². The SMILES string of the molecule is CCn1c(C(=O)O)c(C(=O)O)[n+](CC)c1C. The Morgan fingerprint density at radius 2 is 1.81 bits per heavy atom. The van der Waals surface area contributed by atoms with Gasteiger partial charge in [-0.1, -0.05) is 0 Å². The fourth-order valence-electron chi connectivity index (χ4n) is 1.93. The van der Waals surface area contributed by atoms with Gasteiger partial charge in [0, 0.05) is 6.92 Å². The highest BCUT2D eigenvalue weighted by Gasteiger charge is 2.35. The van der Waals surface area contributed by atoms with Crippen LogP contribution in [0.25, 0.3) is 0 Å². The van der Waals surface area contributed by atoms with Gasteiger partial charge in [0.2, 0.25) is 0 Å². The normalized spacial score (nSPS) is 10.4.